The molecule has 256 valence electrons. The Morgan fingerprint density at radius 2 is 1.02 bits per heavy atom. The minimum absolute atomic E-state index is 0.484. The zero-order valence-corrected chi connectivity index (χ0v) is 29.4. The van der Waals surface area contributed by atoms with E-state index in [1.807, 2.05) is 73.7 Å². The van der Waals surface area contributed by atoms with Crippen molar-refractivity contribution < 1.29 is 4.74 Å². The Hall–Kier alpha value is -7.25. The van der Waals surface area contributed by atoms with Gasteiger partial charge in [0.15, 0.2) is 17.5 Å². The second-order valence-electron chi connectivity index (χ2n) is 13.1. The van der Waals surface area contributed by atoms with Crippen molar-refractivity contribution in [1.29, 1.82) is 0 Å². The van der Waals surface area contributed by atoms with Gasteiger partial charge in [-0.3, -0.25) is 0 Å². The van der Waals surface area contributed by atoms with Gasteiger partial charge in [0.05, 0.1) is 34.4 Å². The highest BCUT2D eigenvalue weighted by molar-refractivity contribution is 6.09. The zero-order valence-electron chi connectivity index (χ0n) is 29.4. The molecule has 10 aromatic rings. The third-order valence-electron chi connectivity index (χ3n) is 9.82. The summed E-state index contributed by atoms with van der Waals surface area (Å²) in [7, 11) is 0. The molecule has 0 aliphatic heterocycles. The summed E-state index contributed by atoms with van der Waals surface area (Å²) in [6.45, 7) is 2.56. The van der Waals surface area contributed by atoms with Gasteiger partial charge in [-0.1, -0.05) is 115 Å². The smallest absolute Gasteiger partial charge is 0.182 e. The predicted molar refractivity (Wildman–Crippen MR) is 218 cm³/mol. The van der Waals surface area contributed by atoms with Gasteiger partial charge in [-0.2, -0.15) is 0 Å². The maximum Gasteiger partial charge on any atom is 0.182 e. The Bertz CT molecular complexity index is 2970. The molecule has 0 unspecified atom stereocenters. The first-order valence-electron chi connectivity index (χ1n) is 18.1. The molecule has 0 bridgehead atoms. The highest BCUT2D eigenvalue weighted by Crippen LogP contribution is 2.35. The Morgan fingerprint density at radius 3 is 1.74 bits per heavy atom. The molecule has 4 heterocycles. The molecule has 7 nitrogen and oxygen atoms in total. The Morgan fingerprint density at radius 1 is 0.463 bits per heavy atom. The summed E-state index contributed by atoms with van der Waals surface area (Å²) >= 11 is 0. The van der Waals surface area contributed by atoms with Crippen molar-refractivity contribution in [1.82, 2.24) is 29.5 Å². The average Bonchev–Trinajstić information content (AvgIpc) is 3.58. The number of rotatable bonds is 7. The van der Waals surface area contributed by atoms with Crippen molar-refractivity contribution in [3.8, 4) is 57.0 Å². The summed E-state index contributed by atoms with van der Waals surface area (Å²) < 4.78 is 8.25. The fraction of sp³-hybridized carbons (Fsp3) is 0.0426. The Kier molecular flexibility index (Phi) is 7.62. The van der Waals surface area contributed by atoms with Gasteiger partial charge in [-0.05, 0) is 55.5 Å². The minimum atomic E-state index is 0.484. The van der Waals surface area contributed by atoms with Gasteiger partial charge in [-0.15, -0.1) is 0 Å². The largest absolute Gasteiger partial charge is 0.493 e. The van der Waals surface area contributed by atoms with E-state index < -0.39 is 0 Å². The minimum Gasteiger partial charge on any atom is -0.493 e. The van der Waals surface area contributed by atoms with Crippen LogP contribution in [0.1, 0.15) is 6.92 Å². The van der Waals surface area contributed by atoms with Crippen molar-refractivity contribution >= 4 is 43.6 Å². The van der Waals surface area contributed by atoms with E-state index >= 15 is 0 Å². The highest BCUT2D eigenvalue weighted by Gasteiger charge is 2.17. The highest BCUT2D eigenvalue weighted by atomic mass is 16.5. The Labute approximate surface area is 311 Å². The quantitative estimate of drug-likeness (QED) is 0.154. The van der Waals surface area contributed by atoms with Crippen LogP contribution in [0.3, 0.4) is 0 Å². The SMILES string of the molecule is CCOc1ccccc1-c1ccc2ccc3ccc(-c4nc(-c5ccccc5)nc(-c5cccc(-n6c7ccccc7c7ccccc76)c5)n4)nc3c2n1. The van der Waals surface area contributed by atoms with Crippen LogP contribution >= 0.6 is 0 Å². The van der Waals surface area contributed by atoms with Crippen LogP contribution in [-0.2, 0) is 0 Å². The molecule has 0 amide bonds. The third-order valence-corrected chi connectivity index (χ3v) is 9.82. The fourth-order valence-corrected chi connectivity index (χ4v) is 7.32. The molecule has 0 radical (unpaired) electrons. The maximum absolute atomic E-state index is 5.95. The fourth-order valence-electron chi connectivity index (χ4n) is 7.32. The van der Waals surface area contributed by atoms with Gasteiger partial charge >= 0.3 is 0 Å². The Balaban J connectivity index is 1.14. The molecule has 6 aromatic carbocycles. The summed E-state index contributed by atoms with van der Waals surface area (Å²) in [6.07, 6.45) is 0. The van der Waals surface area contributed by atoms with Crippen LogP contribution in [-0.4, -0.2) is 36.1 Å². The third kappa shape index (κ3) is 5.42. The van der Waals surface area contributed by atoms with Crippen molar-refractivity contribution in [2.24, 2.45) is 0 Å². The summed E-state index contributed by atoms with van der Waals surface area (Å²) in [6, 6.07) is 55.8. The predicted octanol–water partition coefficient (Wildman–Crippen LogP) is 11.1. The number of nitrogens with zero attached hydrogens (tertiary/aromatic N) is 6. The van der Waals surface area contributed by atoms with Crippen LogP contribution in [0.15, 0.2) is 164 Å². The first-order valence-corrected chi connectivity index (χ1v) is 18.1. The molecule has 0 fully saturated rings. The number of aromatic nitrogens is 6. The van der Waals surface area contributed by atoms with Gasteiger partial charge in [0.25, 0.3) is 0 Å². The molecule has 0 aliphatic rings. The van der Waals surface area contributed by atoms with Gasteiger partial charge in [0.2, 0.25) is 0 Å². The second kappa shape index (κ2) is 13.1. The molecular weight excluding hydrogens is 665 g/mol. The van der Waals surface area contributed by atoms with Crippen LogP contribution in [0.2, 0.25) is 0 Å². The van der Waals surface area contributed by atoms with Crippen molar-refractivity contribution in [3.63, 3.8) is 0 Å². The van der Waals surface area contributed by atoms with Gasteiger partial charge < -0.3 is 9.30 Å². The van der Waals surface area contributed by atoms with Crippen LogP contribution in [0.25, 0.3) is 94.9 Å². The number of para-hydroxylation sites is 3. The van der Waals surface area contributed by atoms with Gasteiger partial charge in [-0.25, -0.2) is 24.9 Å². The van der Waals surface area contributed by atoms with E-state index in [2.05, 4.69) is 102 Å². The molecule has 0 N–H and O–H groups in total. The molecule has 4 aromatic heterocycles. The topological polar surface area (TPSA) is 78.6 Å². The standard InChI is InChI=1S/C47H32N6O/c1-2-54-42-22-11-8-19-37(42)38-27-25-30-23-24-31-26-28-39(49-44(31)43(30)48-38)47-51-45(32-13-4-3-5-14-32)50-46(52-47)33-15-12-16-34(29-33)53-40-20-9-6-17-35(40)36-18-7-10-21-41(36)53/h3-29H,2H2,1H3. The van der Waals surface area contributed by atoms with Gasteiger partial charge in [0.1, 0.15) is 11.4 Å². The van der Waals surface area contributed by atoms with E-state index in [4.69, 9.17) is 29.7 Å². The molecule has 54 heavy (non-hydrogen) atoms. The van der Waals surface area contributed by atoms with E-state index in [1.54, 1.807) is 0 Å². The van der Waals surface area contributed by atoms with E-state index in [9.17, 15) is 0 Å². The lowest BCUT2D eigenvalue weighted by molar-refractivity contribution is 0.341. The van der Waals surface area contributed by atoms with Crippen molar-refractivity contribution in [3.05, 3.63) is 164 Å². The summed E-state index contributed by atoms with van der Waals surface area (Å²) in [5, 5.41) is 4.39. The van der Waals surface area contributed by atoms with Gasteiger partial charge in [0, 0.05) is 43.9 Å². The molecule has 10 rings (SSSR count). The second-order valence-corrected chi connectivity index (χ2v) is 13.1. The molecule has 7 heteroatoms. The van der Waals surface area contributed by atoms with E-state index in [0.717, 1.165) is 66.7 Å². The lowest BCUT2D eigenvalue weighted by Crippen LogP contribution is -2.02. The first-order chi connectivity index (χ1) is 26.7. The summed E-state index contributed by atoms with van der Waals surface area (Å²) in [4.78, 5) is 25.5. The van der Waals surface area contributed by atoms with Crippen molar-refractivity contribution in [2.75, 3.05) is 6.61 Å². The number of hydrogen-bond acceptors (Lipinski definition) is 6. The normalized spacial score (nSPS) is 11.5. The number of pyridine rings is 2. The maximum atomic E-state index is 5.95. The summed E-state index contributed by atoms with van der Waals surface area (Å²) in [5.74, 6) is 2.42. The monoisotopic (exact) mass is 696 g/mol. The molecule has 0 spiro atoms. The van der Waals surface area contributed by atoms with E-state index in [-0.39, 0.29) is 0 Å². The van der Waals surface area contributed by atoms with E-state index in [0.29, 0.717) is 29.8 Å². The number of fused-ring (bicyclic) bond motifs is 6. The summed E-state index contributed by atoms with van der Waals surface area (Å²) in [5.41, 5.74) is 9.05. The molecular formula is C47H32N6O. The molecule has 0 atom stereocenters. The number of benzene rings is 6. The van der Waals surface area contributed by atoms with Crippen molar-refractivity contribution in [2.45, 2.75) is 6.92 Å². The molecule has 0 saturated carbocycles. The van der Waals surface area contributed by atoms with Crippen LogP contribution < -0.4 is 4.74 Å². The number of hydrogen-bond donors (Lipinski definition) is 0. The number of ether oxygens (including phenoxy) is 1. The van der Waals surface area contributed by atoms with E-state index in [1.165, 1.54) is 10.8 Å². The molecule has 0 saturated heterocycles. The zero-order chi connectivity index (χ0) is 36.0. The lowest BCUT2D eigenvalue weighted by Gasteiger charge is -2.12. The molecule has 0 aliphatic carbocycles. The van der Waals surface area contributed by atoms with Crippen LogP contribution in [0.4, 0.5) is 0 Å². The van der Waals surface area contributed by atoms with Crippen LogP contribution in [0, 0.1) is 0 Å². The average molecular weight is 697 g/mol. The lowest BCUT2D eigenvalue weighted by atomic mass is 10.1. The van der Waals surface area contributed by atoms with Crippen LogP contribution in [0.5, 0.6) is 5.75 Å². The first kappa shape index (κ1) is 31.5.